The third-order valence-corrected chi connectivity index (χ3v) is 7.17. The summed E-state index contributed by atoms with van der Waals surface area (Å²) in [5.41, 5.74) is 2.58. The molecular formula is C32H39Cl2N2O4+. The van der Waals surface area contributed by atoms with Gasteiger partial charge in [0.25, 0.3) is 0 Å². The molecule has 0 saturated carbocycles. The summed E-state index contributed by atoms with van der Waals surface area (Å²) in [6.07, 6.45) is 6.85. The van der Waals surface area contributed by atoms with E-state index in [1.807, 2.05) is 12.1 Å². The largest absolute Gasteiger partial charge is 0.494 e. The van der Waals surface area contributed by atoms with Crippen LogP contribution in [0.2, 0.25) is 10.0 Å². The van der Waals surface area contributed by atoms with Gasteiger partial charge in [-0.2, -0.15) is 0 Å². The first-order valence-corrected chi connectivity index (χ1v) is 14.4. The van der Waals surface area contributed by atoms with Crippen LogP contribution in [-0.4, -0.2) is 46.2 Å². The Bertz CT molecular complexity index is 1240. The molecule has 0 unspecified atom stereocenters. The molecule has 40 heavy (non-hydrogen) atoms. The molecule has 1 N–H and O–H groups in total. The van der Waals surface area contributed by atoms with Crippen molar-refractivity contribution < 1.29 is 19.1 Å². The molecule has 3 aromatic carbocycles. The summed E-state index contributed by atoms with van der Waals surface area (Å²) in [5.74, 6) is 0.729. The second kappa shape index (κ2) is 15.7. The molecule has 0 bridgehead atoms. The van der Waals surface area contributed by atoms with Crippen molar-refractivity contribution in [3.63, 3.8) is 0 Å². The molecule has 0 aliphatic carbocycles. The zero-order chi connectivity index (χ0) is 29.0. The highest BCUT2D eigenvalue weighted by atomic mass is 35.5. The Morgan fingerprint density at radius 2 is 1.38 bits per heavy atom. The Labute approximate surface area is 247 Å². The molecule has 0 fully saturated rings. The summed E-state index contributed by atoms with van der Waals surface area (Å²) in [5, 5.41) is 3.72. The first-order valence-electron chi connectivity index (χ1n) is 13.7. The fourth-order valence-corrected chi connectivity index (χ4v) is 4.35. The fraction of sp³-hybridized carbons (Fsp3) is 0.375. The molecule has 6 nitrogen and oxygen atoms in total. The molecule has 0 aliphatic heterocycles. The van der Waals surface area contributed by atoms with Crippen molar-refractivity contribution in [3.8, 4) is 11.5 Å². The molecule has 0 aromatic heterocycles. The van der Waals surface area contributed by atoms with Crippen molar-refractivity contribution in [1.82, 2.24) is 9.80 Å². The van der Waals surface area contributed by atoms with Crippen molar-refractivity contribution in [3.05, 3.63) is 87.9 Å². The number of unbranched alkanes of at least 4 members (excludes halogenated alkanes) is 5. The van der Waals surface area contributed by atoms with Crippen LogP contribution >= 0.6 is 23.2 Å². The normalized spacial score (nSPS) is 11.2. The summed E-state index contributed by atoms with van der Waals surface area (Å²) < 4.78 is 11.9. The average Bonchev–Trinajstić information content (AvgIpc) is 2.92. The van der Waals surface area contributed by atoms with Crippen LogP contribution < -0.4 is 19.3 Å². The molecular weight excluding hydrogens is 547 g/mol. The molecule has 0 radical (unpaired) electrons. The highest BCUT2D eigenvalue weighted by molar-refractivity contribution is 6.42. The van der Waals surface area contributed by atoms with Crippen LogP contribution in [0.1, 0.15) is 54.4 Å². The van der Waals surface area contributed by atoms with Crippen molar-refractivity contribution >= 4 is 40.8 Å². The minimum Gasteiger partial charge on any atom is -0.494 e. The zero-order valence-electron chi connectivity index (χ0n) is 23.6. The number of rotatable bonds is 15. The van der Waals surface area contributed by atoms with E-state index in [-0.39, 0.29) is 5.91 Å². The number of quaternary nitrogens is 1. The second-order valence-electron chi connectivity index (χ2n) is 10.7. The van der Waals surface area contributed by atoms with Gasteiger partial charge < -0.3 is 14.8 Å². The molecule has 214 valence electrons. The number of nitrogens with zero attached hydrogens (tertiary/aromatic N) is 1. The molecule has 8 heteroatoms. The van der Waals surface area contributed by atoms with E-state index in [0.717, 1.165) is 60.9 Å². The van der Waals surface area contributed by atoms with Crippen LogP contribution in [0.4, 0.5) is 5.69 Å². The summed E-state index contributed by atoms with van der Waals surface area (Å²) in [7, 11) is 6.38. The van der Waals surface area contributed by atoms with E-state index in [2.05, 4.69) is 38.6 Å². The highest BCUT2D eigenvalue weighted by Crippen LogP contribution is 2.24. The topological polar surface area (TPSA) is 64.6 Å². The smallest absolute Gasteiger partial charge is 0.343 e. The SMILES string of the molecule is C[N+](C)(C)c1ccc(CC(=O)NCCCCCCCCOc2ccc(OC(=O)c3ccc(Cl)c(Cl)c3)cc2)cc1. The van der Waals surface area contributed by atoms with Crippen molar-refractivity contribution in [2.75, 3.05) is 34.3 Å². The van der Waals surface area contributed by atoms with Crippen LogP contribution in [0.3, 0.4) is 0 Å². The predicted molar refractivity (Wildman–Crippen MR) is 164 cm³/mol. The minimum atomic E-state index is -0.504. The summed E-state index contributed by atoms with van der Waals surface area (Å²) in [6, 6.07) is 19.8. The fourth-order valence-electron chi connectivity index (χ4n) is 4.05. The number of halogens is 2. The van der Waals surface area contributed by atoms with Crippen LogP contribution in [0.25, 0.3) is 0 Å². The Morgan fingerprint density at radius 1 is 0.750 bits per heavy atom. The average molecular weight is 587 g/mol. The maximum absolute atomic E-state index is 12.3. The van der Waals surface area contributed by atoms with Crippen LogP contribution in [-0.2, 0) is 11.2 Å². The lowest BCUT2D eigenvalue weighted by molar-refractivity contribution is -0.120. The number of benzene rings is 3. The summed E-state index contributed by atoms with van der Waals surface area (Å²) >= 11 is 11.9. The molecule has 0 heterocycles. The van der Waals surface area contributed by atoms with Gasteiger partial charge in [-0.1, -0.05) is 61.0 Å². The number of ether oxygens (including phenoxy) is 2. The number of amides is 1. The van der Waals surface area contributed by atoms with Gasteiger partial charge in [0.15, 0.2) is 0 Å². The van der Waals surface area contributed by atoms with Gasteiger partial charge in [-0.3, -0.25) is 9.28 Å². The lowest BCUT2D eigenvalue weighted by Crippen LogP contribution is -2.34. The third kappa shape index (κ3) is 10.8. The zero-order valence-corrected chi connectivity index (χ0v) is 25.1. The van der Waals surface area contributed by atoms with Crippen LogP contribution in [0, 0.1) is 0 Å². The Kier molecular flexibility index (Phi) is 12.3. The number of hydrogen-bond donors (Lipinski definition) is 1. The van der Waals surface area contributed by atoms with E-state index in [0.29, 0.717) is 34.4 Å². The Balaban J connectivity index is 1.20. The van der Waals surface area contributed by atoms with Crippen molar-refractivity contribution in [2.45, 2.75) is 44.9 Å². The van der Waals surface area contributed by atoms with Gasteiger partial charge in [-0.05, 0) is 73.0 Å². The summed E-state index contributed by atoms with van der Waals surface area (Å²) in [6.45, 7) is 1.35. The van der Waals surface area contributed by atoms with E-state index in [9.17, 15) is 9.59 Å². The number of esters is 1. The molecule has 0 saturated heterocycles. The highest BCUT2D eigenvalue weighted by Gasteiger charge is 2.12. The standard InChI is InChI=1S/C32H38Cl2N2O4/c1-36(2,3)26-13-10-24(11-14-26)22-31(37)35-20-8-6-4-5-7-9-21-39-27-15-17-28(18-16-27)40-32(38)25-12-19-29(33)30(34)23-25/h10-19,23H,4-9,20-22H2,1-3H3/p+1. The Morgan fingerprint density at radius 3 is 2.02 bits per heavy atom. The van der Waals surface area contributed by atoms with Crippen molar-refractivity contribution in [1.29, 1.82) is 0 Å². The van der Waals surface area contributed by atoms with Gasteiger partial charge in [0, 0.05) is 6.54 Å². The van der Waals surface area contributed by atoms with E-state index in [1.54, 1.807) is 36.4 Å². The molecule has 3 aromatic rings. The van der Waals surface area contributed by atoms with E-state index < -0.39 is 5.97 Å². The van der Waals surface area contributed by atoms with E-state index in [1.165, 1.54) is 11.8 Å². The van der Waals surface area contributed by atoms with E-state index in [4.69, 9.17) is 32.7 Å². The monoisotopic (exact) mass is 585 g/mol. The number of nitrogens with one attached hydrogen (secondary N) is 1. The molecule has 0 atom stereocenters. The lowest BCUT2D eigenvalue weighted by Gasteiger charge is -2.23. The first kappa shape index (κ1) is 31.5. The van der Waals surface area contributed by atoms with Gasteiger partial charge >= 0.3 is 5.97 Å². The summed E-state index contributed by atoms with van der Waals surface area (Å²) in [4.78, 5) is 24.5. The van der Waals surface area contributed by atoms with E-state index >= 15 is 0 Å². The van der Waals surface area contributed by atoms with Gasteiger partial charge in [0.2, 0.25) is 5.91 Å². The van der Waals surface area contributed by atoms with Crippen LogP contribution in [0.15, 0.2) is 66.7 Å². The Hall–Kier alpha value is -3.06. The minimum absolute atomic E-state index is 0.0767. The number of hydrogen-bond acceptors (Lipinski definition) is 4. The second-order valence-corrected chi connectivity index (χ2v) is 11.5. The first-order chi connectivity index (χ1) is 19.1. The van der Waals surface area contributed by atoms with Gasteiger partial charge in [-0.25, -0.2) is 4.79 Å². The molecule has 0 aliphatic rings. The molecule has 1 amide bonds. The molecule has 0 spiro atoms. The third-order valence-electron chi connectivity index (χ3n) is 6.43. The van der Waals surface area contributed by atoms with Crippen LogP contribution in [0.5, 0.6) is 11.5 Å². The van der Waals surface area contributed by atoms with Gasteiger partial charge in [0.05, 0.1) is 49.8 Å². The van der Waals surface area contributed by atoms with Gasteiger partial charge in [-0.15, -0.1) is 0 Å². The number of carbonyl (C=O) groups excluding carboxylic acids is 2. The lowest BCUT2D eigenvalue weighted by atomic mass is 10.1. The predicted octanol–water partition coefficient (Wildman–Crippen LogP) is 7.49. The maximum Gasteiger partial charge on any atom is 0.343 e. The molecule has 3 rings (SSSR count). The quantitative estimate of drug-likeness (QED) is 0.0868. The maximum atomic E-state index is 12.3. The van der Waals surface area contributed by atoms with Gasteiger partial charge in [0.1, 0.15) is 17.2 Å². The number of carbonyl (C=O) groups is 2. The van der Waals surface area contributed by atoms with Crippen molar-refractivity contribution in [2.24, 2.45) is 0 Å².